The van der Waals surface area contributed by atoms with E-state index in [4.69, 9.17) is 4.74 Å². The van der Waals surface area contributed by atoms with Gasteiger partial charge in [0.05, 0.1) is 19.3 Å². The van der Waals surface area contributed by atoms with E-state index in [0.29, 0.717) is 39.1 Å². The van der Waals surface area contributed by atoms with E-state index >= 15 is 0 Å². The third-order valence-corrected chi connectivity index (χ3v) is 5.62. The minimum atomic E-state index is -0.404. The molecule has 0 radical (unpaired) electrons. The highest BCUT2D eigenvalue weighted by molar-refractivity contribution is 5.87. The Morgan fingerprint density at radius 2 is 2.04 bits per heavy atom. The molecule has 1 aromatic rings. The van der Waals surface area contributed by atoms with Crippen LogP contribution in [0.15, 0.2) is 24.3 Å². The van der Waals surface area contributed by atoms with Gasteiger partial charge >= 0.3 is 0 Å². The van der Waals surface area contributed by atoms with Gasteiger partial charge in [-0.05, 0) is 37.0 Å². The number of amides is 2. The largest absolute Gasteiger partial charge is 0.379 e. The molecule has 1 N–H and O–H groups in total. The predicted molar refractivity (Wildman–Crippen MR) is 104 cm³/mol. The van der Waals surface area contributed by atoms with E-state index in [1.165, 1.54) is 12.1 Å². The summed E-state index contributed by atoms with van der Waals surface area (Å²) >= 11 is 0. The molecule has 2 fully saturated rings. The van der Waals surface area contributed by atoms with E-state index in [0.717, 1.165) is 31.5 Å². The van der Waals surface area contributed by atoms with Gasteiger partial charge in [-0.2, -0.15) is 0 Å². The van der Waals surface area contributed by atoms with Gasteiger partial charge in [-0.1, -0.05) is 19.1 Å². The van der Waals surface area contributed by atoms with Crippen LogP contribution in [-0.4, -0.2) is 67.0 Å². The number of likely N-dealkylation sites (tertiary alicyclic amines) is 1. The number of ether oxygens (including phenoxy) is 1. The number of hydrogen-bond donors (Lipinski definition) is 1. The number of nitrogens with one attached hydrogen (secondary N) is 1. The molecule has 0 aliphatic carbocycles. The molecular formula is C21H30FN3O3. The first-order valence-corrected chi connectivity index (χ1v) is 10.2. The van der Waals surface area contributed by atoms with E-state index in [1.807, 2.05) is 13.0 Å². The summed E-state index contributed by atoms with van der Waals surface area (Å²) in [5.74, 6) is -0.375. The summed E-state index contributed by atoms with van der Waals surface area (Å²) in [5.41, 5.74) is 0.840. The van der Waals surface area contributed by atoms with Gasteiger partial charge < -0.3 is 15.0 Å². The monoisotopic (exact) mass is 391 g/mol. The average molecular weight is 391 g/mol. The molecule has 1 aromatic carbocycles. The quantitative estimate of drug-likeness (QED) is 0.807. The Morgan fingerprint density at radius 1 is 1.25 bits per heavy atom. The van der Waals surface area contributed by atoms with Crippen molar-refractivity contribution < 1.29 is 18.7 Å². The van der Waals surface area contributed by atoms with Crippen LogP contribution in [0.25, 0.3) is 0 Å². The van der Waals surface area contributed by atoms with Gasteiger partial charge in [-0.15, -0.1) is 0 Å². The van der Waals surface area contributed by atoms with Crippen molar-refractivity contribution in [3.8, 4) is 0 Å². The Labute approximate surface area is 166 Å². The summed E-state index contributed by atoms with van der Waals surface area (Å²) in [5, 5.41) is 3.04. The number of carbonyl (C=O) groups is 2. The number of benzene rings is 1. The van der Waals surface area contributed by atoms with Crippen LogP contribution in [0, 0.1) is 5.82 Å². The highest BCUT2D eigenvalue weighted by Crippen LogP contribution is 2.23. The fourth-order valence-electron chi connectivity index (χ4n) is 4.08. The van der Waals surface area contributed by atoms with Gasteiger partial charge in [0.1, 0.15) is 11.9 Å². The Hall–Kier alpha value is -1.99. The highest BCUT2D eigenvalue weighted by Gasteiger charge is 2.32. The van der Waals surface area contributed by atoms with Gasteiger partial charge in [-0.3, -0.25) is 14.5 Å². The van der Waals surface area contributed by atoms with Gasteiger partial charge in [0, 0.05) is 32.6 Å². The van der Waals surface area contributed by atoms with Crippen molar-refractivity contribution in [2.24, 2.45) is 0 Å². The molecule has 2 heterocycles. The van der Waals surface area contributed by atoms with Crippen molar-refractivity contribution in [3.05, 3.63) is 35.6 Å². The molecule has 154 valence electrons. The van der Waals surface area contributed by atoms with Crippen LogP contribution in [0.1, 0.15) is 44.2 Å². The van der Waals surface area contributed by atoms with Crippen LogP contribution < -0.4 is 5.32 Å². The second-order valence-corrected chi connectivity index (χ2v) is 7.42. The van der Waals surface area contributed by atoms with Crippen LogP contribution in [-0.2, 0) is 14.3 Å². The van der Waals surface area contributed by atoms with Crippen LogP contribution in [0.2, 0.25) is 0 Å². The molecule has 2 unspecified atom stereocenters. The third kappa shape index (κ3) is 5.08. The fraction of sp³-hybridized carbons (Fsp3) is 0.619. The summed E-state index contributed by atoms with van der Waals surface area (Å²) in [6.07, 6.45) is 2.99. The van der Waals surface area contributed by atoms with Gasteiger partial charge in [-0.25, -0.2) is 4.39 Å². The highest BCUT2D eigenvalue weighted by atomic mass is 19.1. The Balaban J connectivity index is 1.70. The van der Waals surface area contributed by atoms with E-state index < -0.39 is 6.04 Å². The molecule has 2 atom stereocenters. The zero-order chi connectivity index (χ0) is 19.9. The van der Waals surface area contributed by atoms with E-state index in [-0.39, 0.29) is 23.7 Å². The lowest BCUT2D eigenvalue weighted by Gasteiger charge is -2.37. The van der Waals surface area contributed by atoms with Crippen molar-refractivity contribution in [2.45, 2.75) is 44.7 Å². The number of nitrogens with zero attached hydrogens (tertiary/aromatic N) is 2. The van der Waals surface area contributed by atoms with Crippen molar-refractivity contribution in [2.75, 3.05) is 39.4 Å². The summed E-state index contributed by atoms with van der Waals surface area (Å²) in [6, 6.07) is 6.02. The topological polar surface area (TPSA) is 61.9 Å². The Bertz CT molecular complexity index is 679. The van der Waals surface area contributed by atoms with Crippen LogP contribution in [0.4, 0.5) is 4.39 Å². The van der Waals surface area contributed by atoms with Gasteiger partial charge in [0.25, 0.3) is 0 Å². The summed E-state index contributed by atoms with van der Waals surface area (Å²) < 4.78 is 19.2. The van der Waals surface area contributed by atoms with Crippen molar-refractivity contribution >= 4 is 11.8 Å². The molecule has 7 heteroatoms. The number of hydrogen-bond acceptors (Lipinski definition) is 4. The number of rotatable bonds is 6. The number of halogens is 1. The van der Waals surface area contributed by atoms with E-state index in [2.05, 4.69) is 10.2 Å². The van der Waals surface area contributed by atoms with Crippen LogP contribution in [0.3, 0.4) is 0 Å². The molecular weight excluding hydrogens is 361 g/mol. The lowest BCUT2D eigenvalue weighted by Crippen LogP contribution is -2.53. The number of carbonyl (C=O) groups excluding carboxylic acids is 2. The lowest BCUT2D eigenvalue weighted by molar-refractivity contribution is -0.142. The second kappa shape index (κ2) is 9.98. The standard InChI is InChI=1S/C21H30FN3O3/c1-2-20(26)25-9-4-3-8-18(25)21(27)23-15-19(24-10-12-28-13-11-24)16-6-5-7-17(22)14-16/h5-7,14,18-19H,2-4,8-13,15H2,1H3,(H,23,27). The molecule has 6 nitrogen and oxygen atoms in total. The zero-order valence-electron chi connectivity index (χ0n) is 16.5. The summed E-state index contributed by atoms with van der Waals surface area (Å²) in [6.45, 7) is 5.57. The minimum absolute atomic E-state index is 0.0229. The van der Waals surface area contributed by atoms with Crippen LogP contribution >= 0.6 is 0 Å². The third-order valence-electron chi connectivity index (χ3n) is 5.62. The molecule has 0 spiro atoms. The molecule has 28 heavy (non-hydrogen) atoms. The number of morpholine rings is 1. The molecule has 0 aromatic heterocycles. The molecule has 2 saturated heterocycles. The summed E-state index contributed by atoms with van der Waals surface area (Å²) in [4.78, 5) is 29.0. The predicted octanol–water partition coefficient (Wildman–Crippen LogP) is 2.11. The van der Waals surface area contributed by atoms with Gasteiger partial charge in [0.2, 0.25) is 11.8 Å². The minimum Gasteiger partial charge on any atom is -0.379 e. The average Bonchev–Trinajstić information content (AvgIpc) is 2.74. The SMILES string of the molecule is CCC(=O)N1CCCCC1C(=O)NCC(c1cccc(F)c1)N1CCOCC1. The first kappa shape index (κ1) is 20.7. The van der Waals surface area contributed by atoms with E-state index in [9.17, 15) is 14.0 Å². The molecule has 2 aliphatic heterocycles. The molecule has 0 saturated carbocycles. The summed E-state index contributed by atoms with van der Waals surface area (Å²) in [7, 11) is 0. The normalized spacial score (nSPS) is 21.9. The molecule has 2 amide bonds. The molecule has 3 rings (SSSR count). The Morgan fingerprint density at radius 3 is 2.75 bits per heavy atom. The van der Waals surface area contributed by atoms with E-state index in [1.54, 1.807) is 11.0 Å². The van der Waals surface area contributed by atoms with Crippen molar-refractivity contribution in [3.63, 3.8) is 0 Å². The first-order chi connectivity index (χ1) is 13.6. The second-order valence-electron chi connectivity index (χ2n) is 7.42. The maximum Gasteiger partial charge on any atom is 0.242 e. The smallest absolute Gasteiger partial charge is 0.242 e. The van der Waals surface area contributed by atoms with Gasteiger partial charge in [0.15, 0.2) is 0 Å². The van der Waals surface area contributed by atoms with Crippen LogP contribution in [0.5, 0.6) is 0 Å². The fourth-order valence-corrected chi connectivity index (χ4v) is 4.08. The number of piperidine rings is 1. The maximum atomic E-state index is 13.8. The molecule has 0 bridgehead atoms. The Kier molecular flexibility index (Phi) is 7.39. The first-order valence-electron chi connectivity index (χ1n) is 10.2. The van der Waals surface area contributed by atoms with Crippen molar-refractivity contribution in [1.82, 2.24) is 15.1 Å². The lowest BCUT2D eigenvalue weighted by atomic mass is 10.00. The maximum absolute atomic E-state index is 13.8. The molecule has 2 aliphatic rings. The zero-order valence-corrected chi connectivity index (χ0v) is 16.5. The van der Waals surface area contributed by atoms with Crippen molar-refractivity contribution in [1.29, 1.82) is 0 Å².